The number of benzene rings is 9. The van der Waals surface area contributed by atoms with Gasteiger partial charge in [0.2, 0.25) is 5.95 Å². The summed E-state index contributed by atoms with van der Waals surface area (Å²) >= 11 is 0. The van der Waals surface area contributed by atoms with Gasteiger partial charge in [-0.15, -0.1) is 0 Å². The summed E-state index contributed by atoms with van der Waals surface area (Å²) in [6, 6.07) is 73.3. The SMILES string of the molecule is CC1(C)c2ccccc2-c2cc(-c3cccc(-c4cccc(-c5cccc6c7ccccc7n(-c7nc(-c8ccccc8)nc(-c8ccc9c(c8)oc8ccccc89)n7)c56)c4)c3)ccc21. The first-order chi connectivity index (χ1) is 32.0. The number of aromatic nitrogens is 4. The van der Waals surface area contributed by atoms with Crippen LogP contribution < -0.4 is 0 Å². The van der Waals surface area contributed by atoms with Crippen LogP contribution in [0, 0.1) is 0 Å². The first kappa shape index (κ1) is 37.2. The molecule has 5 nitrogen and oxygen atoms in total. The maximum atomic E-state index is 6.34. The van der Waals surface area contributed by atoms with Crippen molar-refractivity contribution in [2.45, 2.75) is 19.3 Å². The second-order valence-electron chi connectivity index (χ2n) is 17.6. The van der Waals surface area contributed by atoms with Crippen molar-refractivity contribution in [3.8, 4) is 73.2 Å². The monoisotopic (exact) mass is 832 g/mol. The largest absolute Gasteiger partial charge is 0.456 e. The normalized spacial score (nSPS) is 12.9. The van der Waals surface area contributed by atoms with Gasteiger partial charge in [0.15, 0.2) is 11.6 Å². The molecule has 0 fully saturated rings. The first-order valence-electron chi connectivity index (χ1n) is 22.2. The zero-order valence-corrected chi connectivity index (χ0v) is 35.8. The minimum atomic E-state index is -0.0254. The molecule has 12 aromatic rings. The molecule has 0 unspecified atom stereocenters. The van der Waals surface area contributed by atoms with Gasteiger partial charge in [-0.25, -0.2) is 4.98 Å². The van der Waals surface area contributed by atoms with Crippen molar-refractivity contribution in [2.24, 2.45) is 0 Å². The van der Waals surface area contributed by atoms with Crippen molar-refractivity contribution in [3.63, 3.8) is 0 Å². The number of nitrogens with zero attached hydrogens (tertiary/aromatic N) is 4. The van der Waals surface area contributed by atoms with Gasteiger partial charge < -0.3 is 4.42 Å². The van der Waals surface area contributed by atoms with E-state index < -0.39 is 0 Å². The third kappa shape index (κ3) is 5.89. The second kappa shape index (κ2) is 14.3. The Hall–Kier alpha value is -8.41. The van der Waals surface area contributed by atoms with Crippen LogP contribution in [0.1, 0.15) is 25.0 Å². The minimum Gasteiger partial charge on any atom is -0.456 e. The van der Waals surface area contributed by atoms with Crippen molar-refractivity contribution in [1.29, 1.82) is 0 Å². The summed E-state index contributed by atoms with van der Waals surface area (Å²) in [6.45, 7) is 4.66. The number of hydrogen-bond acceptors (Lipinski definition) is 4. The fourth-order valence-corrected chi connectivity index (χ4v) is 10.3. The van der Waals surface area contributed by atoms with Gasteiger partial charge in [-0.2, -0.15) is 9.97 Å². The standard InChI is InChI=1S/C60H40N4O/c1-60(2)51-26-9-6-21-45(51)50-35-41(30-32-52(50)60)39-18-12-17-38(33-39)40-19-13-20-42(34-40)44-24-14-25-49-46-22-7-10-27-53(46)64(56(44)49)59-62-57(37-15-4-3-5-16-37)61-58(63-59)43-29-31-48-47-23-8-11-28-54(47)65-55(48)36-43/h3-36H,1-2H3. The summed E-state index contributed by atoms with van der Waals surface area (Å²) in [6.07, 6.45) is 0. The molecule has 0 spiro atoms. The summed E-state index contributed by atoms with van der Waals surface area (Å²) in [5.74, 6) is 1.70. The van der Waals surface area contributed by atoms with Gasteiger partial charge in [-0.05, 0) is 92.5 Å². The third-order valence-corrected chi connectivity index (χ3v) is 13.5. The second-order valence-corrected chi connectivity index (χ2v) is 17.6. The predicted molar refractivity (Wildman–Crippen MR) is 266 cm³/mol. The Bertz CT molecular complexity index is 3880. The zero-order valence-electron chi connectivity index (χ0n) is 35.8. The lowest BCUT2D eigenvalue weighted by Crippen LogP contribution is -2.14. The summed E-state index contributed by atoms with van der Waals surface area (Å²) in [4.78, 5) is 15.7. The molecular weight excluding hydrogens is 793 g/mol. The van der Waals surface area contributed by atoms with E-state index in [0.29, 0.717) is 17.6 Å². The molecule has 306 valence electrons. The summed E-state index contributed by atoms with van der Waals surface area (Å²) in [7, 11) is 0. The van der Waals surface area contributed by atoms with E-state index in [1.807, 2.05) is 54.6 Å². The van der Waals surface area contributed by atoms with Crippen molar-refractivity contribution in [2.75, 3.05) is 0 Å². The Kier molecular flexibility index (Phi) is 8.18. The number of hydrogen-bond donors (Lipinski definition) is 0. The molecule has 9 aromatic carbocycles. The number of para-hydroxylation sites is 3. The highest BCUT2D eigenvalue weighted by molar-refractivity contribution is 6.14. The Labute approximate surface area is 376 Å². The van der Waals surface area contributed by atoms with Crippen LogP contribution in [0.5, 0.6) is 0 Å². The van der Waals surface area contributed by atoms with Crippen LogP contribution >= 0.6 is 0 Å². The molecule has 3 aromatic heterocycles. The van der Waals surface area contributed by atoms with E-state index in [-0.39, 0.29) is 5.41 Å². The van der Waals surface area contributed by atoms with Crippen molar-refractivity contribution < 1.29 is 4.42 Å². The third-order valence-electron chi connectivity index (χ3n) is 13.5. The summed E-state index contributed by atoms with van der Waals surface area (Å²) in [5, 5.41) is 4.39. The Morgan fingerprint density at radius 1 is 0.369 bits per heavy atom. The summed E-state index contributed by atoms with van der Waals surface area (Å²) < 4.78 is 8.56. The van der Waals surface area contributed by atoms with Crippen molar-refractivity contribution in [3.05, 3.63) is 217 Å². The quantitative estimate of drug-likeness (QED) is 0.167. The molecular formula is C60H40N4O. The van der Waals surface area contributed by atoms with Crippen LogP contribution in [-0.2, 0) is 5.41 Å². The smallest absolute Gasteiger partial charge is 0.238 e. The van der Waals surface area contributed by atoms with Gasteiger partial charge in [-0.3, -0.25) is 4.57 Å². The molecule has 1 aliphatic rings. The van der Waals surface area contributed by atoms with Gasteiger partial charge >= 0.3 is 0 Å². The molecule has 0 bridgehead atoms. The van der Waals surface area contributed by atoms with E-state index in [0.717, 1.165) is 77.1 Å². The molecule has 65 heavy (non-hydrogen) atoms. The molecule has 5 heteroatoms. The van der Waals surface area contributed by atoms with Crippen LogP contribution in [0.3, 0.4) is 0 Å². The lowest BCUT2D eigenvalue weighted by atomic mass is 9.82. The van der Waals surface area contributed by atoms with Gasteiger partial charge in [-0.1, -0.05) is 178 Å². The molecule has 0 aliphatic heterocycles. The number of rotatable bonds is 6. The van der Waals surface area contributed by atoms with Crippen LogP contribution in [0.25, 0.3) is 117 Å². The maximum absolute atomic E-state index is 6.34. The fraction of sp³-hybridized carbons (Fsp3) is 0.0500. The van der Waals surface area contributed by atoms with E-state index in [9.17, 15) is 0 Å². The highest BCUT2D eigenvalue weighted by Crippen LogP contribution is 2.50. The van der Waals surface area contributed by atoms with E-state index in [1.165, 1.54) is 33.4 Å². The lowest BCUT2D eigenvalue weighted by molar-refractivity contribution is 0.660. The van der Waals surface area contributed by atoms with Crippen LogP contribution in [-0.4, -0.2) is 19.5 Å². The van der Waals surface area contributed by atoms with E-state index in [2.05, 4.69) is 170 Å². The Morgan fingerprint density at radius 2 is 0.938 bits per heavy atom. The van der Waals surface area contributed by atoms with E-state index in [1.54, 1.807) is 0 Å². The molecule has 0 N–H and O–H groups in total. The summed E-state index contributed by atoms with van der Waals surface area (Å²) in [5.41, 5.74) is 17.8. The lowest BCUT2D eigenvalue weighted by Gasteiger charge is -2.21. The molecule has 0 amide bonds. The highest BCUT2D eigenvalue weighted by Gasteiger charge is 2.35. The molecule has 0 radical (unpaired) electrons. The highest BCUT2D eigenvalue weighted by atomic mass is 16.3. The Balaban J connectivity index is 0.960. The Morgan fingerprint density at radius 3 is 1.77 bits per heavy atom. The topological polar surface area (TPSA) is 56.7 Å². The van der Waals surface area contributed by atoms with Crippen LogP contribution in [0.15, 0.2) is 211 Å². The van der Waals surface area contributed by atoms with E-state index >= 15 is 0 Å². The molecule has 3 heterocycles. The van der Waals surface area contributed by atoms with Crippen LogP contribution in [0.4, 0.5) is 0 Å². The van der Waals surface area contributed by atoms with Gasteiger partial charge in [0.25, 0.3) is 0 Å². The first-order valence-corrected chi connectivity index (χ1v) is 22.2. The van der Waals surface area contributed by atoms with Crippen molar-refractivity contribution >= 4 is 43.7 Å². The van der Waals surface area contributed by atoms with Gasteiger partial charge in [0.05, 0.1) is 11.0 Å². The average Bonchev–Trinajstić information content (AvgIpc) is 3.99. The van der Waals surface area contributed by atoms with Gasteiger partial charge in [0, 0.05) is 43.7 Å². The zero-order chi connectivity index (χ0) is 43.2. The van der Waals surface area contributed by atoms with E-state index in [4.69, 9.17) is 19.4 Å². The molecule has 13 rings (SSSR count). The number of furan rings is 1. The molecule has 0 saturated carbocycles. The minimum absolute atomic E-state index is 0.0254. The molecule has 0 atom stereocenters. The average molecular weight is 833 g/mol. The van der Waals surface area contributed by atoms with Crippen LogP contribution in [0.2, 0.25) is 0 Å². The number of fused-ring (bicyclic) bond motifs is 9. The predicted octanol–water partition coefficient (Wildman–Crippen LogP) is 15.5. The molecule has 0 saturated heterocycles. The van der Waals surface area contributed by atoms with Crippen molar-refractivity contribution in [1.82, 2.24) is 19.5 Å². The maximum Gasteiger partial charge on any atom is 0.238 e. The fourth-order valence-electron chi connectivity index (χ4n) is 10.3. The van der Waals surface area contributed by atoms with Gasteiger partial charge in [0.1, 0.15) is 11.2 Å². The molecule has 1 aliphatic carbocycles.